The zero-order valence-corrected chi connectivity index (χ0v) is 8.92. The molecular formula is C9H9NTe. The fourth-order valence-electron chi connectivity index (χ4n) is 1.15. The van der Waals surface area contributed by atoms with E-state index in [4.69, 9.17) is 0 Å². The number of aromatic nitrogens is 1. The van der Waals surface area contributed by atoms with Crippen LogP contribution in [0.1, 0.15) is 9.27 Å². The predicted molar refractivity (Wildman–Crippen MR) is 48.2 cm³/mol. The zero-order chi connectivity index (χ0) is 7.84. The van der Waals surface area contributed by atoms with Crippen LogP contribution in [0.3, 0.4) is 0 Å². The molecule has 0 aliphatic heterocycles. The Bertz CT molecular complexity index is 389. The Kier molecular flexibility index (Phi) is 1.75. The molecule has 0 radical (unpaired) electrons. The molecule has 1 aromatic carbocycles. The number of rotatable bonds is 0. The van der Waals surface area contributed by atoms with E-state index in [1.54, 1.807) is 0 Å². The quantitative estimate of drug-likeness (QED) is 0.658. The van der Waals surface area contributed by atoms with Crippen molar-refractivity contribution in [1.82, 2.24) is 4.98 Å². The van der Waals surface area contributed by atoms with Gasteiger partial charge in [-0.3, -0.25) is 0 Å². The first kappa shape index (κ1) is 7.34. The van der Waals surface area contributed by atoms with Crippen LogP contribution >= 0.6 is 0 Å². The van der Waals surface area contributed by atoms with E-state index < -0.39 is 0 Å². The van der Waals surface area contributed by atoms with Crippen molar-refractivity contribution in [2.75, 3.05) is 0 Å². The molecule has 0 atom stereocenters. The monoisotopic (exact) mass is 261 g/mol. The van der Waals surface area contributed by atoms with Crippen molar-refractivity contribution in [3.05, 3.63) is 27.5 Å². The molecule has 1 aromatic heterocycles. The molecule has 0 bridgehead atoms. The fourth-order valence-corrected chi connectivity index (χ4v) is 3.46. The number of hydrogen-bond acceptors (Lipinski definition) is 1. The van der Waals surface area contributed by atoms with E-state index in [1.165, 1.54) is 18.2 Å². The van der Waals surface area contributed by atoms with Crippen LogP contribution in [0.5, 0.6) is 0 Å². The topological polar surface area (TPSA) is 12.9 Å². The molecule has 2 rings (SSSR count). The second-order valence-corrected chi connectivity index (χ2v) is 6.23. The van der Waals surface area contributed by atoms with Gasteiger partial charge in [-0.1, -0.05) is 0 Å². The normalized spacial score (nSPS) is 10.7. The minimum atomic E-state index is -0.0740. The van der Waals surface area contributed by atoms with E-state index in [0.717, 1.165) is 0 Å². The number of aryl methyl sites for hydroxylation is 2. The van der Waals surface area contributed by atoms with E-state index >= 15 is 0 Å². The molecule has 56 valence electrons. The Hall–Kier alpha value is -0.320. The van der Waals surface area contributed by atoms with Gasteiger partial charge in [0, 0.05) is 0 Å². The van der Waals surface area contributed by atoms with Crippen LogP contribution in [-0.4, -0.2) is 25.4 Å². The molecule has 0 saturated carbocycles. The van der Waals surface area contributed by atoms with Crippen molar-refractivity contribution in [3.63, 3.8) is 0 Å². The third kappa shape index (κ3) is 1.33. The Morgan fingerprint density at radius 3 is 2.91 bits per heavy atom. The van der Waals surface area contributed by atoms with Gasteiger partial charge in [0.1, 0.15) is 0 Å². The Morgan fingerprint density at radius 2 is 2.09 bits per heavy atom. The molecule has 0 aliphatic carbocycles. The molecule has 1 nitrogen and oxygen atoms in total. The number of hydrogen-bond donors (Lipinski definition) is 0. The average molecular weight is 259 g/mol. The van der Waals surface area contributed by atoms with Crippen molar-refractivity contribution < 1.29 is 0 Å². The average Bonchev–Trinajstić information content (AvgIpc) is 2.27. The maximum atomic E-state index is 4.49. The van der Waals surface area contributed by atoms with E-state index in [1.807, 2.05) is 0 Å². The summed E-state index contributed by atoms with van der Waals surface area (Å²) in [6, 6.07) is 6.58. The van der Waals surface area contributed by atoms with Gasteiger partial charge in [-0.05, 0) is 0 Å². The molecule has 0 saturated heterocycles. The predicted octanol–water partition coefficient (Wildman–Crippen LogP) is 1.91. The Morgan fingerprint density at radius 1 is 1.27 bits per heavy atom. The molecule has 0 spiro atoms. The molecule has 11 heavy (non-hydrogen) atoms. The molecule has 0 amide bonds. The van der Waals surface area contributed by atoms with Crippen molar-refractivity contribution in [3.8, 4) is 0 Å². The maximum absolute atomic E-state index is 4.49. The third-order valence-electron chi connectivity index (χ3n) is 1.65. The van der Waals surface area contributed by atoms with Crippen LogP contribution < -0.4 is 0 Å². The summed E-state index contributed by atoms with van der Waals surface area (Å²) in [5, 5.41) is 0. The van der Waals surface area contributed by atoms with E-state index in [0.29, 0.717) is 0 Å². The molecule has 0 aliphatic rings. The summed E-state index contributed by atoms with van der Waals surface area (Å²) in [4.78, 5) is 4.49. The van der Waals surface area contributed by atoms with E-state index in [2.05, 4.69) is 37.0 Å². The first-order valence-corrected chi connectivity index (χ1v) is 5.92. The van der Waals surface area contributed by atoms with Crippen LogP contribution in [0, 0.1) is 13.8 Å². The number of fused-ring (bicyclic) bond motifs is 1. The molecule has 0 unspecified atom stereocenters. The van der Waals surface area contributed by atoms with Gasteiger partial charge in [-0.25, -0.2) is 0 Å². The van der Waals surface area contributed by atoms with Gasteiger partial charge >= 0.3 is 75.7 Å². The summed E-state index contributed by atoms with van der Waals surface area (Å²) >= 11 is -0.0740. The summed E-state index contributed by atoms with van der Waals surface area (Å²) in [5.41, 5.74) is 2.54. The van der Waals surface area contributed by atoms with Crippen molar-refractivity contribution >= 4 is 29.3 Å². The zero-order valence-electron chi connectivity index (χ0n) is 6.59. The van der Waals surface area contributed by atoms with Gasteiger partial charge in [0.05, 0.1) is 0 Å². The van der Waals surface area contributed by atoms with Gasteiger partial charge in [0.2, 0.25) is 0 Å². The molecule has 0 fully saturated rings. The first-order valence-electron chi connectivity index (χ1n) is 3.59. The van der Waals surface area contributed by atoms with Gasteiger partial charge in [0.15, 0.2) is 0 Å². The standard InChI is InChI=1S/C9H9NTe/c1-6-3-4-9-8(5-6)10-7(2)11-9/h3-5H,1-2H3. The van der Waals surface area contributed by atoms with Crippen LogP contribution in [0.25, 0.3) is 8.92 Å². The van der Waals surface area contributed by atoms with Gasteiger partial charge < -0.3 is 0 Å². The Balaban J connectivity index is 2.82. The molecule has 2 heteroatoms. The molecule has 0 N–H and O–H groups in total. The summed E-state index contributed by atoms with van der Waals surface area (Å²) in [7, 11) is 0. The van der Waals surface area contributed by atoms with E-state index in [-0.39, 0.29) is 20.4 Å². The summed E-state index contributed by atoms with van der Waals surface area (Å²) in [6.07, 6.45) is 0. The second-order valence-electron chi connectivity index (χ2n) is 2.70. The van der Waals surface area contributed by atoms with Crippen molar-refractivity contribution in [2.45, 2.75) is 13.8 Å². The third-order valence-corrected chi connectivity index (χ3v) is 4.37. The number of nitrogens with zero attached hydrogens (tertiary/aromatic N) is 1. The van der Waals surface area contributed by atoms with Crippen molar-refractivity contribution in [1.29, 1.82) is 0 Å². The SMILES string of the molecule is Cc1ccc2[te]c(C)nc2c1. The van der Waals surface area contributed by atoms with Crippen molar-refractivity contribution in [2.24, 2.45) is 0 Å². The summed E-state index contributed by atoms with van der Waals surface area (Å²) in [6.45, 7) is 4.25. The second kappa shape index (κ2) is 2.62. The summed E-state index contributed by atoms with van der Waals surface area (Å²) < 4.78 is 2.86. The Labute approximate surface area is 75.7 Å². The van der Waals surface area contributed by atoms with Gasteiger partial charge in [0.25, 0.3) is 0 Å². The van der Waals surface area contributed by atoms with Gasteiger partial charge in [-0.15, -0.1) is 0 Å². The molecule has 2 aromatic rings. The van der Waals surface area contributed by atoms with Crippen LogP contribution in [0.4, 0.5) is 0 Å². The van der Waals surface area contributed by atoms with Crippen LogP contribution in [0.15, 0.2) is 18.2 Å². The van der Waals surface area contributed by atoms with Gasteiger partial charge in [-0.2, -0.15) is 0 Å². The van der Waals surface area contributed by atoms with E-state index in [9.17, 15) is 0 Å². The first-order chi connectivity index (χ1) is 5.25. The number of benzene rings is 1. The minimum absolute atomic E-state index is 0.0740. The molecular weight excluding hydrogens is 250 g/mol. The van der Waals surface area contributed by atoms with Crippen LogP contribution in [-0.2, 0) is 0 Å². The fraction of sp³-hybridized carbons (Fsp3) is 0.222. The summed E-state index contributed by atoms with van der Waals surface area (Å²) in [5.74, 6) is 0. The van der Waals surface area contributed by atoms with Crippen LogP contribution in [0.2, 0.25) is 0 Å². The molecule has 1 heterocycles.